The summed E-state index contributed by atoms with van der Waals surface area (Å²) in [6.07, 6.45) is 0.573. The van der Waals surface area contributed by atoms with E-state index >= 15 is 0 Å². The fourth-order valence-corrected chi connectivity index (χ4v) is 3.67. The SMILES string of the molecule is CCCN(CC(=O)Nc1cc(C)on1)S(=O)(=O)c1ccc(Cl)cc1. The molecule has 9 heteroatoms. The maximum Gasteiger partial charge on any atom is 0.243 e. The molecule has 24 heavy (non-hydrogen) atoms. The van der Waals surface area contributed by atoms with Gasteiger partial charge in [0.2, 0.25) is 15.9 Å². The van der Waals surface area contributed by atoms with Gasteiger partial charge in [-0.25, -0.2) is 8.42 Å². The first-order chi connectivity index (χ1) is 11.3. The van der Waals surface area contributed by atoms with Crippen molar-refractivity contribution in [3.63, 3.8) is 0 Å². The number of hydrogen-bond donors (Lipinski definition) is 1. The average Bonchev–Trinajstić information content (AvgIpc) is 2.92. The van der Waals surface area contributed by atoms with Gasteiger partial charge in [-0.15, -0.1) is 0 Å². The second kappa shape index (κ2) is 7.78. The number of rotatable bonds is 7. The summed E-state index contributed by atoms with van der Waals surface area (Å²) in [4.78, 5) is 12.2. The molecule has 0 bridgehead atoms. The molecule has 0 saturated carbocycles. The van der Waals surface area contributed by atoms with Gasteiger partial charge in [-0.3, -0.25) is 4.79 Å². The molecule has 0 unspecified atom stereocenters. The van der Waals surface area contributed by atoms with E-state index < -0.39 is 15.9 Å². The number of halogens is 1. The second-order valence-corrected chi connectivity index (χ2v) is 7.54. The quantitative estimate of drug-likeness (QED) is 0.807. The predicted molar refractivity (Wildman–Crippen MR) is 90.4 cm³/mol. The first-order valence-corrected chi connectivity index (χ1v) is 9.13. The highest BCUT2D eigenvalue weighted by molar-refractivity contribution is 7.89. The van der Waals surface area contributed by atoms with Gasteiger partial charge in [0.05, 0.1) is 11.4 Å². The number of anilines is 1. The molecular weight excluding hydrogens is 354 g/mol. The lowest BCUT2D eigenvalue weighted by atomic mass is 10.4. The molecule has 0 aliphatic carbocycles. The van der Waals surface area contributed by atoms with Crippen LogP contribution in [0.1, 0.15) is 19.1 Å². The highest BCUT2D eigenvalue weighted by atomic mass is 35.5. The minimum absolute atomic E-state index is 0.0884. The number of carbonyl (C=O) groups is 1. The Morgan fingerprint density at radius 1 is 1.33 bits per heavy atom. The van der Waals surface area contributed by atoms with E-state index in [0.717, 1.165) is 4.31 Å². The van der Waals surface area contributed by atoms with Crippen LogP contribution in [0.2, 0.25) is 5.02 Å². The van der Waals surface area contributed by atoms with Gasteiger partial charge in [-0.05, 0) is 37.6 Å². The van der Waals surface area contributed by atoms with Gasteiger partial charge in [0.1, 0.15) is 5.76 Å². The van der Waals surface area contributed by atoms with E-state index in [1.807, 2.05) is 6.92 Å². The van der Waals surface area contributed by atoms with E-state index in [0.29, 0.717) is 17.2 Å². The predicted octanol–water partition coefficient (Wildman–Crippen LogP) is 2.68. The van der Waals surface area contributed by atoms with Gasteiger partial charge >= 0.3 is 0 Å². The van der Waals surface area contributed by atoms with E-state index in [1.54, 1.807) is 13.0 Å². The van der Waals surface area contributed by atoms with Crippen molar-refractivity contribution in [3.8, 4) is 0 Å². The van der Waals surface area contributed by atoms with E-state index in [2.05, 4.69) is 10.5 Å². The van der Waals surface area contributed by atoms with Crippen molar-refractivity contribution < 1.29 is 17.7 Å². The topological polar surface area (TPSA) is 92.5 Å². The van der Waals surface area contributed by atoms with E-state index in [4.69, 9.17) is 16.1 Å². The number of aryl methyl sites for hydroxylation is 1. The Morgan fingerprint density at radius 3 is 2.54 bits per heavy atom. The number of benzene rings is 1. The first kappa shape index (κ1) is 18.4. The Hall–Kier alpha value is -1.90. The molecule has 0 aliphatic heterocycles. The third kappa shape index (κ3) is 4.56. The number of aromatic nitrogens is 1. The molecule has 0 atom stereocenters. The average molecular weight is 372 g/mol. The maximum atomic E-state index is 12.7. The Balaban J connectivity index is 2.15. The summed E-state index contributed by atoms with van der Waals surface area (Å²) in [5.41, 5.74) is 0. The Bertz CT molecular complexity index is 802. The van der Waals surface area contributed by atoms with Crippen LogP contribution in [0, 0.1) is 6.92 Å². The zero-order valence-electron chi connectivity index (χ0n) is 13.3. The molecule has 1 aromatic heterocycles. The lowest BCUT2D eigenvalue weighted by Crippen LogP contribution is -2.38. The molecule has 2 aromatic rings. The lowest BCUT2D eigenvalue weighted by molar-refractivity contribution is -0.116. The summed E-state index contributed by atoms with van der Waals surface area (Å²) >= 11 is 5.79. The number of hydrogen-bond acceptors (Lipinski definition) is 5. The fourth-order valence-electron chi connectivity index (χ4n) is 2.06. The van der Waals surface area contributed by atoms with Crippen molar-refractivity contribution in [2.24, 2.45) is 0 Å². The molecule has 1 amide bonds. The first-order valence-electron chi connectivity index (χ1n) is 7.32. The number of amides is 1. The number of sulfonamides is 1. The van der Waals surface area contributed by atoms with Gasteiger partial charge in [-0.1, -0.05) is 23.7 Å². The smallest absolute Gasteiger partial charge is 0.243 e. The maximum absolute atomic E-state index is 12.7. The third-order valence-corrected chi connectivity index (χ3v) is 5.25. The van der Waals surface area contributed by atoms with Crippen LogP contribution in [-0.2, 0) is 14.8 Å². The zero-order chi connectivity index (χ0) is 17.7. The van der Waals surface area contributed by atoms with Gasteiger partial charge in [-0.2, -0.15) is 4.31 Å². The normalized spacial score (nSPS) is 11.7. The van der Waals surface area contributed by atoms with Crippen LogP contribution in [0.25, 0.3) is 0 Å². The molecule has 130 valence electrons. The molecule has 1 heterocycles. The van der Waals surface area contributed by atoms with Crippen molar-refractivity contribution in [3.05, 3.63) is 41.1 Å². The van der Waals surface area contributed by atoms with Crippen LogP contribution >= 0.6 is 11.6 Å². The second-order valence-electron chi connectivity index (χ2n) is 5.16. The van der Waals surface area contributed by atoms with E-state index in [9.17, 15) is 13.2 Å². The minimum atomic E-state index is -3.79. The van der Waals surface area contributed by atoms with Crippen molar-refractivity contribution >= 4 is 33.3 Å². The van der Waals surface area contributed by atoms with Gasteiger partial charge in [0.25, 0.3) is 0 Å². The molecule has 0 aliphatic rings. The third-order valence-electron chi connectivity index (χ3n) is 3.14. The highest BCUT2D eigenvalue weighted by Crippen LogP contribution is 2.19. The van der Waals surface area contributed by atoms with E-state index in [-0.39, 0.29) is 23.8 Å². The molecule has 2 rings (SSSR count). The Labute approximate surface area is 145 Å². The van der Waals surface area contributed by atoms with Crippen LogP contribution in [-0.4, -0.2) is 36.9 Å². The van der Waals surface area contributed by atoms with Crippen LogP contribution in [0.4, 0.5) is 5.82 Å². The summed E-state index contributed by atoms with van der Waals surface area (Å²) in [7, 11) is -3.79. The molecule has 0 fully saturated rings. The number of carbonyl (C=O) groups excluding carboxylic acids is 1. The minimum Gasteiger partial charge on any atom is -0.360 e. The molecule has 7 nitrogen and oxygen atoms in total. The van der Waals surface area contributed by atoms with Crippen LogP contribution in [0.3, 0.4) is 0 Å². The van der Waals surface area contributed by atoms with Crippen molar-refractivity contribution in [2.45, 2.75) is 25.2 Å². The molecule has 1 aromatic carbocycles. The molecule has 0 saturated heterocycles. The molecule has 0 radical (unpaired) electrons. The molecule has 1 N–H and O–H groups in total. The molecular formula is C15H18ClN3O4S. The van der Waals surface area contributed by atoms with Crippen LogP contribution in [0.5, 0.6) is 0 Å². The van der Waals surface area contributed by atoms with Gasteiger partial charge < -0.3 is 9.84 Å². The summed E-state index contributed by atoms with van der Waals surface area (Å²) in [6, 6.07) is 7.38. The Morgan fingerprint density at radius 2 is 2.00 bits per heavy atom. The summed E-state index contributed by atoms with van der Waals surface area (Å²) in [5, 5.41) is 6.60. The van der Waals surface area contributed by atoms with Crippen molar-refractivity contribution in [2.75, 3.05) is 18.4 Å². The molecule has 0 spiro atoms. The number of nitrogens with one attached hydrogen (secondary N) is 1. The van der Waals surface area contributed by atoms with Crippen molar-refractivity contribution in [1.82, 2.24) is 9.46 Å². The summed E-state index contributed by atoms with van der Waals surface area (Å²) < 4.78 is 31.4. The monoisotopic (exact) mass is 371 g/mol. The van der Waals surface area contributed by atoms with E-state index in [1.165, 1.54) is 24.3 Å². The van der Waals surface area contributed by atoms with Gasteiger partial charge in [0.15, 0.2) is 5.82 Å². The Kier molecular flexibility index (Phi) is 5.98. The zero-order valence-corrected chi connectivity index (χ0v) is 14.9. The fraction of sp³-hybridized carbons (Fsp3) is 0.333. The summed E-state index contributed by atoms with van der Waals surface area (Å²) in [6.45, 7) is 3.43. The largest absolute Gasteiger partial charge is 0.360 e. The summed E-state index contributed by atoms with van der Waals surface area (Å²) in [5.74, 6) is 0.302. The number of nitrogens with zero attached hydrogens (tertiary/aromatic N) is 2. The highest BCUT2D eigenvalue weighted by Gasteiger charge is 2.26. The van der Waals surface area contributed by atoms with Crippen LogP contribution < -0.4 is 5.32 Å². The standard InChI is InChI=1S/C15H18ClN3O4S/c1-3-8-19(10-15(20)17-14-9-11(2)23-18-14)24(21,22)13-6-4-12(16)5-7-13/h4-7,9H,3,8,10H2,1-2H3,(H,17,18,20). The van der Waals surface area contributed by atoms with Gasteiger partial charge in [0, 0.05) is 17.6 Å². The lowest BCUT2D eigenvalue weighted by Gasteiger charge is -2.21. The van der Waals surface area contributed by atoms with Crippen molar-refractivity contribution in [1.29, 1.82) is 0 Å². The van der Waals surface area contributed by atoms with Crippen LogP contribution in [0.15, 0.2) is 39.8 Å².